The minimum absolute atomic E-state index is 0.574. The molecule has 0 amide bonds. The summed E-state index contributed by atoms with van der Waals surface area (Å²) in [4.78, 5) is 6.16. The molecule has 1 rings (SSSR count). The van der Waals surface area contributed by atoms with E-state index in [2.05, 4.69) is 10.3 Å². The number of nitrogens with one attached hydrogen (secondary N) is 1. The van der Waals surface area contributed by atoms with E-state index in [9.17, 15) is 5.11 Å². The zero-order valence-electron chi connectivity index (χ0n) is 10.5. The second-order valence-electron chi connectivity index (χ2n) is 4.63. The molecule has 4 nitrogen and oxygen atoms in total. The fourth-order valence-electron chi connectivity index (χ4n) is 1.61. The predicted octanol–water partition coefficient (Wildman–Crippen LogP) is 1.72. The summed E-state index contributed by atoms with van der Waals surface area (Å²) >= 11 is 0. The van der Waals surface area contributed by atoms with Crippen molar-refractivity contribution in [3.63, 3.8) is 0 Å². The Morgan fingerprint density at radius 3 is 2.69 bits per heavy atom. The Hall–Kier alpha value is -1.29. The van der Waals surface area contributed by atoms with E-state index in [4.69, 9.17) is 0 Å². The molecule has 2 N–H and O–H groups in total. The number of aromatic nitrogens is 1. The highest BCUT2D eigenvalue weighted by molar-refractivity contribution is 5.55. The molecule has 16 heavy (non-hydrogen) atoms. The summed E-state index contributed by atoms with van der Waals surface area (Å²) in [5, 5.41) is 13.0. The molecule has 0 unspecified atom stereocenters. The van der Waals surface area contributed by atoms with Crippen LogP contribution < -0.4 is 10.2 Å². The molecule has 1 aromatic rings. The van der Waals surface area contributed by atoms with Crippen LogP contribution >= 0.6 is 0 Å². The maximum Gasteiger partial charge on any atom is 0.0765 e. The van der Waals surface area contributed by atoms with Crippen LogP contribution in [0.5, 0.6) is 0 Å². The fourth-order valence-corrected chi connectivity index (χ4v) is 1.61. The van der Waals surface area contributed by atoms with Gasteiger partial charge in [-0.1, -0.05) is 0 Å². The lowest BCUT2D eigenvalue weighted by Gasteiger charge is -2.27. The van der Waals surface area contributed by atoms with Gasteiger partial charge in [0.05, 0.1) is 29.4 Å². The van der Waals surface area contributed by atoms with Gasteiger partial charge in [0.1, 0.15) is 0 Å². The van der Waals surface area contributed by atoms with Crippen LogP contribution in [0.4, 0.5) is 11.4 Å². The molecule has 4 heteroatoms. The maximum absolute atomic E-state index is 9.74. The van der Waals surface area contributed by atoms with Gasteiger partial charge in [0.25, 0.3) is 0 Å². The number of hydrogen-bond acceptors (Lipinski definition) is 4. The van der Waals surface area contributed by atoms with Crippen LogP contribution in [-0.2, 0) is 0 Å². The zero-order chi connectivity index (χ0) is 12.2. The van der Waals surface area contributed by atoms with Gasteiger partial charge in [0, 0.05) is 20.1 Å². The van der Waals surface area contributed by atoms with Crippen LogP contribution in [0.25, 0.3) is 0 Å². The first-order valence-electron chi connectivity index (χ1n) is 5.55. The smallest absolute Gasteiger partial charge is 0.0765 e. The van der Waals surface area contributed by atoms with E-state index in [0.29, 0.717) is 6.54 Å². The third-order valence-corrected chi connectivity index (χ3v) is 2.17. The van der Waals surface area contributed by atoms with Crippen molar-refractivity contribution in [2.45, 2.75) is 26.4 Å². The van der Waals surface area contributed by atoms with E-state index in [1.54, 1.807) is 26.2 Å². The second kappa shape index (κ2) is 5.16. The minimum Gasteiger partial charge on any atom is -0.389 e. The lowest BCUT2D eigenvalue weighted by molar-refractivity contribution is 0.0886. The number of rotatable bonds is 5. The third kappa shape index (κ3) is 4.06. The van der Waals surface area contributed by atoms with Crippen LogP contribution in [0.2, 0.25) is 0 Å². The highest BCUT2D eigenvalue weighted by Gasteiger charge is 2.16. The molecule has 0 saturated heterocycles. The number of nitrogens with zero attached hydrogens (tertiary/aromatic N) is 2. The van der Waals surface area contributed by atoms with Crippen molar-refractivity contribution in [1.29, 1.82) is 0 Å². The van der Waals surface area contributed by atoms with Gasteiger partial charge in [-0.15, -0.1) is 0 Å². The summed E-state index contributed by atoms with van der Waals surface area (Å²) in [6, 6.07) is 2.03. The molecule has 0 saturated carbocycles. The van der Waals surface area contributed by atoms with E-state index < -0.39 is 5.60 Å². The van der Waals surface area contributed by atoms with Crippen molar-refractivity contribution >= 4 is 11.4 Å². The first kappa shape index (κ1) is 12.8. The Balaban J connectivity index is 2.75. The molecule has 0 aromatic carbocycles. The monoisotopic (exact) mass is 223 g/mol. The number of hydrogen-bond donors (Lipinski definition) is 2. The summed E-state index contributed by atoms with van der Waals surface area (Å²) in [5.74, 6) is 0. The Morgan fingerprint density at radius 2 is 2.12 bits per heavy atom. The Labute approximate surface area is 97.3 Å². The summed E-state index contributed by atoms with van der Waals surface area (Å²) in [6.07, 6.45) is 3.59. The molecule has 0 aliphatic heterocycles. The average Bonchev–Trinajstić information content (AvgIpc) is 2.16. The van der Waals surface area contributed by atoms with Gasteiger partial charge in [0.15, 0.2) is 0 Å². The molecule has 0 aliphatic carbocycles. The molecule has 90 valence electrons. The van der Waals surface area contributed by atoms with Crippen LogP contribution in [0.3, 0.4) is 0 Å². The number of pyridine rings is 1. The van der Waals surface area contributed by atoms with E-state index >= 15 is 0 Å². The van der Waals surface area contributed by atoms with Crippen molar-refractivity contribution in [2.75, 3.05) is 30.4 Å². The van der Waals surface area contributed by atoms with Crippen molar-refractivity contribution in [2.24, 2.45) is 0 Å². The van der Waals surface area contributed by atoms with Gasteiger partial charge >= 0.3 is 0 Å². The molecule has 0 atom stereocenters. The van der Waals surface area contributed by atoms with Gasteiger partial charge in [-0.2, -0.15) is 0 Å². The highest BCUT2D eigenvalue weighted by atomic mass is 16.3. The second-order valence-corrected chi connectivity index (χ2v) is 4.63. The Bertz CT molecular complexity index is 333. The quantitative estimate of drug-likeness (QED) is 0.798. The number of aliphatic hydroxyl groups is 1. The van der Waals surface area contributed by atoms with Gasteiger partial charge < -0.3 is 15.3 Å². The Morgan fingerprint density at radius 1 is 1.44 bits per heavy atom. The summed E-state index contributed by atoms with van der Waals surface area (Å²) in [6.45, 7) is 7.09. The largest absolute Gasteiger partial charge is 0.389 e. The first-order chi connectivity index (χ1) is 7.42. The van der Waals surface area contributed by atoms with Gasteiger partial charge in [0.2, 0.25) is 0 Å². The highest BCUT2D eigenvalue weighted by Crippen LogP contribution is 2.18. The van der Waals surface area contributed by atoms with Crippen molar-refractivity contribution in [3.8, 4) is 0 Å². The molecule has 0 bridgehead atoms. The summed E-state index contributed by atoms with van der Waals surface area (Å²) in [7, 11) is 1.95. The van der Waals surface area contributed by atoms with Gasteiger partial charge in [-0.3, -0.25) is 4.98 Å². The van der Waals surface area contributed by atoms with E-state index in [1.165, 1.54) is 0 Å². The summed E-state index contributed by atoms with van der Waals surface area (Å²) < 4.78 is 0. The average molecular weight is 223 g/mol. The van der Waals surface area contributed by atoms with E-state index in [1.807, 2.05) is 24.9 Å². The standard InChI is InChI=1S/C12H21N3O/c1-5-14-10-6-11(8-13-7-10)15(4)9-12(2,3)16/h6-8,14,16H,5,9H2,1-4H3. The maximum atomic E-state index is 9.74. The van der Waals surface area contributed by atoms with Gasteiger partial charge in [-0.25, -0.2) is 0 Å². The van der Waals surface area contributed by atoms with Crippen molar-refractivity contribution in [1.82, 2.24) is 4.98 Å². The molecular formula is C12H21N3O. The molecule has 1 aromatic heterocycles. The minimum atomic E-state index is -0.705. The first-order valence-corrected chi connectivity index (χ1v) is 5.55. The van der Waals surface area contributed by atoms with Crippen molar-refractivity contribution < 1.29 is 5.11 Å². The lowest BCUT2D eigenvalue weighted by atomic mass is 10.1. The molecule has 0 aliphatic rings. The predicted molar refractivity (Wildman–Crippen MR) is 68.0 cm³/mol. The fraction of sp³-hybridized carbons (Fsp3) is 0.583. The number of anilines is 2. The number of likely N-dealkylation sites (N-methyl/N-ethyl adjacent to an activating group) is 1. The van der Waals surface area contributed by atoms with E-state index in [-0.39, 0.29) is 0 Å². The van der Waals surface area contributed by atoms with E-state index in [0.717, 1.165) is 17.9 Å². The third-order valence-electron chi connectivity index (χ3n) is 2.17. The summed E-state index contributed by atoms with van der Waals surface area (Å²) in [5.41, 5.74) is 1.30. The van der Waals surface area contributed by atoms with Crippen LogP contribution in [-0.4, -0.2) is 35.8 Å². The van der Waals surface area contributed by atoms with Gasteiger partial charge in [-0.05, 0) is 26.8 Å². The zero-order valence-corrected chi connectivity index (χ0v) is 10.5. The van der Waals surface area contributed by atoms with Crippen LogP contribution in [0, 0.1) is 0 Å². The molecule has 0 radical (unpaired) electrons. The SMILES string of the molecule is CCNc1cncc(N(C)CC(C)(C)O)c1. The molecular weight excluding hydrogens is 202 g/mol. The molecule has 0 fully saturated rings. The van der Waals surface area contributed by atoms with Crippen LogP contribution in [0.15, 0.2) is 18.5 Å². The van der Waals surface area contributed by atoms with Crippen LogP contribution in [0.1, 0.15) is 20.8 Å². The lowest BCUT2D eigenvalue weighted by Crippen LogP contribution is -2.36. The van der Waals surface area contributed by atoms with Crippen molar-refractivity contribution in [3.05, 3.63) is 18.5 Å². The Kier molecular flexibility index (Phi) is 4.12. The molecule has 0 spiro atoms. The topological polar surface area (TPSA) is 48.4 Å². The molecule has 1 heterocycles. The normalized spacial score (nSPS) is 11.3.